The number of thioether (sulfide) groups is 1. The average Bonchev–Trinajstić information content (AvgIpc) is 3.53. The quantitative estimate of drug-likeness (QED) is 0.384. The van der Waals surface area contributed by atoms with Gasteiger partial charge < -0.3 is 28.6 Å². The SMILES string of the molecule is COc1ccc(COCC(O)CSc2nnc(N3CCCCC3)n2Cc2ccco2)cc1OC. The number of aliphatic hydroxyl groups excluding tert-OH is 1. The molecule has 1 saturated heterocycles. The summed E-state index contributed by atoms with van der Waals surface area (Å²) in [6.07, 6.45) is 4.60. The molecule has 34 heavy (non-hydrogen) atoms. The van der Waals surface area contributed by atoms with Crippen molar-refractivity contribution in [2.24, 2.45) is 0 Å². The summed E-state index contributed by atoms with van der Waals surface area (Å²) in [5.41, 5.74) is 0.946. The minimum absolute atomic E-state index is 0.215. The number of rotatable bonds is 12. The molecular weight excluding hydrogens is 456 g/mol. The Balaban J connectivity index is 1.33. The molecule has 1 aromatic carbocycles. The molecule has 0 aliphatic carbocycles. The van der Waals surface area contributed by atoms with Gasteiger partial charge in [-0.15, -0.1) is 10.2 Å². The first kappa shape index (κ1) is 24.4. The Hall–Kier alpha value is -2.69. The summed E-state index contributed by atoms with van der Waals surface area (Å²) in [6.45, 7) is 3.10. The monoisotopic (exact) mass is 488 g/mol. The first-order valence-corrected chi connectivity index (χ1v) is 12.5. The van der Waals surface area contributed by atoms with E-state index in [0.29, 0.717) is 30.4 Å². The Kier molecular flexibility index (Phi) is 8.73. The molecule has 2 aromatic heterocycles. The second-order valence-electron chi connectivity index (χ2n) is 8.17. The van der Waals surface area contributed by atoms with Crippen molar-refractivity contribution < 1.29 is 23.7 Å². The number of furan rings is 1. The maximum Gasteiger partial charge on any atom is 0.228 e. The Morgan fingerprint density at radius 3 is 2.65 bits per heavy atom. The van der Waals surface area contributed by atoms with Gasteiger partial charge in [0.15, 0.2) is 16.7 Å². The van der Waals surface area contributed by atoms with Gasteiger partial charge >= 0.3 is 0 Å². The molecule has 1 aliphatic heterocycles. The molecule has 3 heterocycles. The van der Waals surface area contributed by atoms with E-state index in [1.54, 1.807) is 20.5 Å². The topological polar surface area (TPSA) is 95.0 Å². The van der Waals surface area contributed by atoms with Crippen LogP contribution in [0.25, 0.3) is 0 Å². The zero-order valence-electron chi connectivity index (χ0n) is 19.7. The van der Waals surface area contributed by atoms with Gasteiger partial charge in [-0.25, -0.2) is 0 Å². The Morgan fingerprint density at radius 2 is 1.91 bits per heavy atom. The molecule has 0 bridgehead atoms. The molecule has 10 heteroatoms. The first-order valence-electron chi connectivity index (χ1n) is 11.5. The lowest BCUT2D eigenvalue weighted by atomic mass is 10.1. The molecule has 0 spiro atoms. The van der Waals surface area contributed by atoms with Gasteiger partial charge in [0, 0.05) is 18.8 Å². The van der Waals surface area contributed by atoms with Crippen molar-refractivity contribution in [2.45, 2.75) is 43.7 Å². The molecule has 4 rings (SSSR count). The predicted molar refractivity (Wildman–Crippen MR) is 130 cm³/mol. The van der Waals surface area contributed by atoms with Gasteiger partial charge in [0.2, 0.25) is 5.95 Å². The van der Waals surface area contributed by atoms with E-state index in [1.807, 2.05) is 30.3 Å². The highest BCUT2D eigenvalue weighted by Crippen LogP contribution is 2.28. The van der Waals surface area contributed by atoms with Crippen molar-refractivity contribution in [3.8, 4) is 11.5 Å². The van der Waals surface area contributed by atoms with E-state index in [-0.39, 0.29) is 6.61 Å². The molecule has 184 valence electrons. The Bertz CT molecular complexity index is 1020. The molecule has 1 unspecified atom stereocenters. The Labute approximate surface area is 204 Å². The number of aliphatic hydroxyl groups is 1. The fourth-order valence-corrected chi connectivity index (χ4v) is 4.75. The standard InChI is InChI=1S/C24H32N4O5S/c1-30-21-9-8-18(13-22(21)31-2)15-32-16-19(29)17-34-24-26-25-23(27-10-4-3-5-11-27)28(24)14-20-7-6-12-33-20/h6-9,12-13,19,29H,3-5,10-11,14-17H2,1-2H3. The zero-order chi connectivity index (χ0) is 23.8. The van der Waals surface area contributed by atoms with E-state index in [4.69, 9.17) is 18.6 Å². The van der Waals surface area contributed by atoms with E-state index in [1.165, 1.54) is 18.2 Å². The normalized spacial score (nSPS) is 14.9. The van der Waals surface area contributed by atoms with Crippen LogP contribution in [0, 0.1) is 0 Å². The van der Waals surface area contributed by atoms with Crippen LogP contribution < -0.4 is 14.4 Å². The van der Waals surface area contributed by atoms with Crippen LogP contribution >= 0.6 is 11.8 Å². The van der Waals surface area contributed by atoms with Crippen LogP contribution in [0.1, 0.15) is 30.6 Å². The van der Waals surface area contributed by atoms with E-state index >= 15 is 0 Å². The molecule has 0 amide bonds. The van der Waals surface area contributed by atoms with Crippen molar-refractivity contribution in [1.82, 2.24) is 14.8 Å². The summed E-state index contributed by atoms with van der Waals surface area (Å²) >= 11 is 1.47. The minimum atomic E-state index is -0.641. The van der Waals surface area contributed by atoms with Gasteiger partial charge in [-0.1, -0.05) is 17.8 Å². The molecule has 3 aromatic rings. The summed E-state index contributed by atoms with van der Waals surface area (Å²) in [6, 6.07) is 9.47. The summed E-state index contributed by atoms with van der Waals surface area (Å²) in [5.74, 6) is 3.48. The lowest BCUT2D eigenvalue weighted by Crippen LogP contribution is -2.32. The third-order valence-electron chi connectivity index (χ3n) is 5.66. The summed E-state index contributed by atoms with van der Waals surface area (Å²) < 4.78 is 24.0. The molecule has 9 nitrogen and oxygen atoms in total. The van der Waals surface area contributed by atoms with Crippen LogP contribution in [0.15, 0.2) is 46.2 Å². The molecule has 0 radical (unpaired) electrons. The lowest BCUT2D eigenvalue weighted by Gasteiger charge is -2.27. The van der Waals surface area contributed by atoms with Crippen LogP contribution in [0.2, 0.25) is 0 Å². The number of methoxy groups -OCH3 is 2. The number of piperidine rings is 1. The van der Waals surface area contributed by atoms with Gasteiger partial charge in [0.05, 0.1) is 46.3 Å². The molecule has 1 atom stereocenters. The van der Waals surface area contributed by atoms with E-state index in [0.717, 1.165) is 48.4 Å². The van der Waals surface area contributed by atoms with Crippen LogP contribution in [-0.2, 0) is 17.9 Å². The first-order chi connectivity index (χ1) is 16.7. The summed E-state index contributed by atoms with van der Waals surface area (Å²) in [5, 5.41) is 20.2. The highest BCUT2D eigenvalue weighted by atomic mass is 32.2. The highest BCUT2D eigenvalue weighted by molar-refractivity contribution is 7.99. The van der Waals surface area contributed by atoms with Crippen LogP contribution in [-0.4, -0.2) is 65.6 Å². The highest BCUT2D eigenvalue weighted by Gasteiger charge is 2.22. The average molecular weight is 489 g/mol. The van der Waals surface area contributed by atoms with Crippen LogP contribution in [0.3, 0.4) is 0 Å². The van der Waals surface area contributed by atoms with Gasteiger partial charge in [-0.05, 0) is 49.1 Å². The number of hydrogen-bond donors (Lipinski definition) is 1. The maximum absolute atomic E-state index is 10.5. The van der Waals surface area contributed by atoms with Crippen molar-refractivity contribution >= 4 is 17.7 Å². The van der Waals surface area contributed by atoms with Crippen LogP contribution in [0.5, 0.6) is 11.5 Å². The molecular formula is C24H32N4O5S. The predicted octanol–water partition coefficient (Wildman–Crippen LogP) is 3.60. The molecule has 1 N–H and O–H groups in total. The maximum atomic E-state index is 10.5. The van der Waals surface area contributed by atoms with E-state index < -0.39 is 6.10 Å². The number of aromatic nitrogens is 3. The van der Waals surface area contributed by atoms with Crippen LogP contribution in [0.4, 0.5) is 5.95 Å². The van der Waals surface area contributed by atoms with E-state index in [2.05, 4.69) is 19.7 Å². The second-order valence-corrected chi connectivity index (χ2v) is 9.15. The van der Waals surface area contributed by atoms with Gasteiger partial charge in [0.1, 0.15) is 5.76 Å². The third-order valence-corrected chi connectivity index (χ3v) is 6.77. The number of benzene rings is 1. The van der Waals surface area contributed by atoms with Gasteiger partial charge in [-0.2, -0.15) is 0 Å². The lowest BCUT2D eigenvalue weighted by molar-refractivity contribution is 0.0397. The van der Waals surface area contributed by atoms with Crippen molar-refractivity contribution in [3.05, 3.63) is 47.9 Å². The number of nitrogens with zero attached hydrogens (tertiary/aromatic N) is 4. The fourth-order valence-electron chi connectivity index (χ4n) is 3.91. The molecule has 1 fully saturated rings. The third kappa shape index (κ3) is 6.25. The summed E-state index contributed by atoms with van der Waals surface area (Å²) in [7, 11) is 3.21. The van der Waals surface area contributed by atoms with Crippen molar-refractivity contribution in [1.29, 1.82) is 0 Å². The van der Waals surface area contributed by atoms with Crippen molar-refractivity contribution in [2.75, 3.05) is 44.6 Å². The van der Waals surface area contributed by atoms with Gasteiger partial charge in [-0.3, -0.25) is 4.57 Å². The molecule has 1 aliphatic rings. The number of anilines is 1. The Morgan fingerprint density at radius 1 is 1.09 bits per heavy atom. The van der Waals surface area contributed by atoms with Crippen molar-refractivity contribution in [3.63, 3.8) is 0 Å². The number of hydrogen-bond acceptors (Lipinski definition) is 9. The smallest absolute Gasteiger partial charge is 0.228 e. The minimum Gasteiger partial charge on any atom is -0.493 e. The van der Waals surface area contributed by atoms with E-state index in [9.17, 15) is 5.11 Å². The zero-order valence-corrected chi connectivity index (χ0v) is 20.5. The fraction of sp³-hybridized carbons (Fsp3) is 0.500. The molecule has 0 saturated carbocycles. The van der Waals surface area contributed by atoms with Gasteiger partial charge in [0.25, 0.3) is 0 Å². The second kappa shape index (κ2) is 12.1. The largest absolute Gasteiger partial charge is 0.493 e. The number of ether oxygens (including phenoxy) is 3. The summed E-state index contributed by atoms with van der Waals surface area (Å²) in [4.78, 5) is 2.28.